The highest BCUT2D eigenvalue weighted by Crippen LogP contribution is 2.46. The summed E-state index contributed by atoms with van der Waals surface area (Å²) in [5.74, 6) is 0.355. The van der Waals surface area contributed by atoms with E-state index in [0.29, 0.717) is 0 Å². The van der Waals surface area contributed by atoms with Crippen molar-refractivity contribution in [3.8, 4) is 0 Å². The van der Waals surface area contributed by atoms with Crippen molar-refractivity contribution in [1.29, 1.82) is 0 Å². The lowest BCUT2D eigenvalue weighted by Gasteiger charge is -2.19. The third-order valence-electron chi connectivity index (χ3n) is 4.30. The lowest BCUT2D eigenvalue weighted by Crippen LogP contribution is -2.29. The third-order valence-corrected chi connectivity index (χ3v) is 7.12. The fourth-order valence-corrected chi connectivity index (χ4v) is 6.39. The van der Waals surface area contributed by atoms with Crippen LogP contribution < -0.4 is 0 Å². The van der Waals surface area contributed by atoms with Crippen LogP contribution >= 0.6 is 0 Å². The van der Waals surface area contributed by atoms with Gasteiger partial charge in [-0.1, -0.05) is 37.3 Å². The van der Waals surface area contributed by atoms with E-state index in [1.807, 2.05) is 12.2 Å². The molecule has 3 unspecified atom stereocenters. The average Bonchev–Trinajstić information content (AvgIpc) is 2.45. The molecule has 0 aromatic carbocycles. The highest BCUT2D eigenvalue weighted by molar-refractivity contribution is 7.93. The van der Waals surface area contributed by atoms with E-state index in [-0.39, 0.29) is 22.3 Å². The van der Waals surface area contributed by atoms with Gasteiger partial charge in [0.05, 0.1) is 10.5 Å². The Morgan fingerprint density at radius 3 is 2.94 bits per heavy atom. The molecule has 1 fully saturated rings. The van der Waals surface area contributed by atoms with Crippen molar-refractivity contribution in [1.82, 2.24) is 0 Å². The van der Waals surface area contributed by atoms with Crippen molar-refractivity contribution >= 4 is 9.84 Å². The molecule has 1 saturated heterocycles. The molecule has 3 heteroatoms. The monoisotopic (exact) mass is 250 g/mol. The van der Waals surface area contributed by atoms with E-state index in [4.69, 9.17) is 0 Å². The first-order valence-electron chi connectivity index (χ1n) is 6.38. The SMILES string of the molecule is CC1CC=CC=C2C1S(=O)(=O)C1CCC=C[C@@H]21. The van der Waals surface area contributed by atoms with Gasteiger partial charge >= 0.3 is 0 Å². The zero-order valence-electron chi connectivity index (χ0n) is 10.0. The third kappa shape index (κ3) is 1.55. The smallest absolute Gasteiger partial charge is 0.161 e. The van der Waals surface area contributed by atoms with Gasteiger partial charge in [-0.15, -0.1) is 0 Å². The van der Waals surface area contributed by atoms with Gasteiger partial charge in [-0.3, -0.25) is 0 Å². The first-order valence-corrected chi connectivity index (χ1v) is 7.99. The minimum absolute atomic E-state index is 0.143. The van der Waals surface area contributed by atoms with Crippen LogP contribution in [-0.2, 0) is 9.84 Å². The van der Waals surface area contributed by atoms with Crippen molar-refractivity contribution in [2.45, 2.75) is 36.7 Å². The van der Waals surface area contributed by atoms with E-state index in [9.17, 15) is 8.42 Å². The van der Waals surface area contributed by atoms with Gasteiger partial charge in [0.2, 0.25) is 0 Å². The fraction of sp³-hybridized carbons (Fsp3) is 0.571. The molecule has 0 N–H and O–H groups in total. The molecule has 0 spiro atoms. The summed E-state index contributed by atoms with van der Waals surface area (Å²) in [6, 6.07) is 0. The Hall–Kier alpha value is -0.830. The molecule has 0 aromatic heterocycles. The minimum atomic E-state index is -2.98. The highest BCUT2D eigenvalue weighted by Gasteiger charge is 2.52. The molecular formula is C14H18O2S. The van der Waals surface area contributed by atoms with E-state index >= 15 is 0 Å². The van der Waals surface area contributed by atoms with Crippen LogP contribution in [0.2, 0.25) is 0 Å². The lowest BCUT2D eigenvalue weighted by atomic mass is 9.84. The predicted molar refractivity (Wildman–Crippen MR) is 69.4 cm³/mol. The standard InChI is InChI=1S/C14H18O2S/c1-10-6-2-3-8-12-11-7-4-5-9-13(11)17(15,16)14(10)12/h2-4,7-8,10-11,13-14H,5-6,9H2,1H3/t10?,11-,13?,14?/m0/s1. The summed E-state index contributed by atoms with van der Waals surface area (Å²) in [4.78, 5) is 0. The molecule has 0 aromatic rings. The maximum absolute atomic E-state index is 12.6. The normalized spacial score (nSPS) is 42.5. The molecule has 3 rings (SSSR count). The molecule has 92 valence electrons. The molecule has 4 atom stereocenters. The van der Waals surface area contributed by atoms with Crippen LogP contribution in [0.3, 0.4) is 0 Å². The first kappa shape index (κ1) is 11.3. The van der Waals surface area contributed by atoms with Crippen LogP contribution in [0.25, 0.3) is 0 Å². The molecule has 3 aliphatic rings. The largest absolute Gasteiger partial charge is 0.228 e. The van der Waals surface area contributed by atoms with Gasteiger partial charge in [0, 0.05) is 5.92 Å². The Morgan fingerprint density at radius 2 is 2.12 bits per heavy atom. The van der Waals surface area contributed by atoms with Crippen LogP contribution in [0.1, 0.15) is 26.2 Å². The van der Waals surface area contributed by atoms with Gasteiger partial charge in [0.1, 0.15) is 0 Å². The van der Waals surface area contributed by atoms with Crippen molar-refractivity contribution in [2.24, 2.45) is 11.8 Å². The van der Waals surface area contributed by atoms with Crippen molar-refractivity contribution in [2.75, 3.05) is 0 Å². The summed E-state index contributed by atoms with van der Waals surface area (Å²) >= 11 is 0. The Labute approximate surface area is 103 Å². The van der Waals surface area contributed by atoms with Crippen LogP contribution in [0.15, 0.2) is 36.0 Å². The first-order chi connectivity index (χ1) is 8.12. The Balaban J connectivity index is 2.15. The maximum Gasteiger partial charge on any atom is 0.161 e. The molecule has 2 nitrogen and oxygen atoms in total. The second kappa shape index (κ2) is 3.84. The summed E-state index contributed by atoms with van der Waals surface area (Å²) in [6.45, 7) is 2.06. The lowest BCUT2D eigenvalue weighted by molar-refractivity contribution is 0.542. The number of hydrogen-bond acceptors (Lipinski definition) is 2. The van der Waals surface area contributed by atoms with E-state index in [1.165, 1.54) is 0 Å². The summed E-state index contributed by atoms with van der Waals surface area (Å²) in [6.07, 6.45) is 13.0. The minimum Gasteiger partial charge on any atom is -0.228 e. The topological polar surface area (TPSA) is 34.1 Å². The highest BCUT2D eigenvalue weighted by atomic mass is 32.2. The summed E-state index contributed by atoms with van der Waals surface area (Å²) in [7, 11) is -2.98. The molecule has 1 aliphatic heterocycles. The van der Waals surface area contributed by atoms with E-state index in [0.717, 1.165) is 24.8 Å². The number of hydrogen-bond donors (Lipinski definition) is 0. The number of allylic oxidation sites excluding steroid dienone is 5. The van der Waals surface area contributed by atoms with Gasteiger partial charge < -0.3 is 0 Å². The Kier molecular flexibility index (Phi) is 2.54. The zero-order valence-corrected chi connectivity index (χ0v) is 10.9. The fourth-order valence-electron chi connectivity index (χ4n) is 3.52. The molecule has 2 aliphatic carbocycles. The average molecular weight is 250 g/mol. The molecule has 1 heterocycles. The summed E-state index contributed by atoms with van der Waals surface area (Å²) < 4.78 is 25.2. The van der Waals surface area contributed by atoms with Crippen LogP contribution in [-0.4, -0.2) is 18.9 Å². The number of rotatable bonds is 0. The second-order valence-corrected chi connectivity index (χ2v) is 7.68. The maximum atomic E-state index is 12.6. The van der Waals surface area contributed by atoms with Crippen LogP contribution in [0.5, 0.6) is 0 Å². The molecule has 0 bridgehead atoms. The second-order valence-electron chi connectivity index (χ2n) is 5.39. The summed E-state index contributed by atoms with van der Waals surface area (Å²) in [5, 5.41) is -0.395. The predicted octanol–water partition coefficient (Wildman–Crippen LogP) is 2.64. The van der Waals surface area contributed by atoms with Crippen molar-refractivity contribution in [3.63, 3.8) is 0 Å². The summed E-state index contributed by atoms with van der Waals surface area (Å²) in [5.41, 5.74) is 1.13. The van der Waals surface area contributed by atoms with E-state index in [2.05, 4.69) is 25.2 Å². The van der Waals surface area contributed by atoms with Gasteiger partial charge in [0.25, 0.3) is 0 Å². The molecule has 17 heavy (non-hydrogen) atoms. The Bertz CT molecular complexity index is 510. The van der Waals surface area contributed by atoms with Gasteiger partial charge in [-0.2, -0.15) is 0 Å². The van der Waals surface area contributed by atoms with Gasteiger partial charge in [-0.25, -0.2) is 8.42 Å². The molecule has 0 radical (unpaired) electrons. The van der Waals surface area contributed by atoms with Crippen molar-refractivity contribution in [3.05, 3.63) is 36.0 Å². The Morgan fingerprint density at radius 1 is 1.29 bits per heavy atom. The molecular weight excluding hydrogens is 232 g/mol. The van der Waals surface area contributed by atoms with Crippen LogP contribution in [0.4, 0.5) is 0 Å². The van der Waals surface area contributed by atoms with Crippen LogP contribution in [0, 0.1) is 11.8 Å². The molecule has 0 amide bonds. The van der Waals surface area contributed by atoms with Gasteiger partial charge in [-0.05, 0) is 30.8 Å². The van der Waals surface area contributed by atoms with E-state index < -0.39 is 9.84 Å². The van der Waals surface area contributed by atoms with E-state index in [1.54, 1.807) is 0 Å². The van der Waals surface area contributed by atoms with Crippen molar-refractivity contribution < 1.29 is 8.42 Å². The van der Waals surface area contributed by atoms with Gasteiger partial charge in [0.15, 0.2) is 9.84 Å². The molecule has 0 saturated carbocycles. The zero-order chi connectivity index (χ0) is 12.0. The number of fused-ring (bicyclic) bond motifs is 3. The number of sulfone groups is 1. The quantitative estimate of drug-likeness (QED) is 0.619.